The van der Waals surface area contributed by atoms with Gasteiger partial charge in [0.15, 0.2) is 0 Å². The summed E-state index contributed by atoms with van der Waals surface area (Å²) in [5.74, 6) is 1.11. The number of hydrogen-bond donors (Lipinski definition) is 1. The van der Waals surface area contributed by atoms with Crippen molar-refractivity contribution in [2.24, 2.45) is 0 Å². The van der Waals surface area contributed by atoms with E-state index in [0.717, 1.165) is 30.8 Å². The van der Waals surface area contributed by atoms with E-state index in [1.165, 1.54) is 0 Å². The molecule has 0 aliphatic rings. The molecule has 1 aromatic heterocycles. The Hall–Kier alpha value is -0.830. The number of aryl methyl sites for hydroxylation is 1. The van der Waals surface area contributed by atoms with Gasteiger partial charge in [-0.05, 0) is 25.3 Å². The Bertz CT molecular complexity index is 353. The molecule has 17 heavy (non-hydrogen) atoms. The molecule has 1 unspecified atom stereocenters. The first-order valence-corrected chi connectivity index (χ1v) is 6.70. The van der Waals surface area contributed by atoms with Gasteiger partial charge in [0.05, 0.1) is 5.38 Å². The van der Waals surface area contributed by atoms with Crippen LogP contribution in [0.2, 0.25) is 0 Å². The molecule has 96 valence electrons. The SMILES string of the molecule is CCCC(Cl)CNc1nc(C)cc(C(C)C)n1. The highest BCUT2D eigenvalue weighted by atomic mass is 35.5. The second-order valence-corrected chi connectivity index (χ2v) is 5.30. The van der Waals surface area contributed by atoms with Gasteiger partial charge in [-0.2, -0.15) is 0 Å². The average Bonchev–Trinajstić information content (AvgIpc) is 2.26. The van der Waals surface area contributed by atoms with Crippen molar-refractivity contribution in [1.82, 2.24) is 9.97 Å². The molecule has 0 aromatic carbocycles. The van der Waals surface area contributed by atoms with Crippen molar-refractivity contribution in [2.75, 3.05) is 11.9 Å². The Morgan fingerprint density at radius 2 is 2.06 bits per heavy atom. The molecule has 1 heterocycles. The summed E-state index contributed by atoms with van der Waals surface area (Å²) in [5.41, 5.74) is 2.06. The molecule has 0 bridgehead atoms. The minimum Gasteiger partial charge on any atom is -0.353 e. The summed E-state index contributed by atoms with van der Waals surface area (Å²) in [4.78, 5) is 8.85. The lowest BCUT2D eigenvalue weighted by Crippen LogP contribution is -2.16. The van der Waals surface area contributed by atoms with Crippen molar-refractivity contribution in [3.05, 3.63) is 17.5 Å². The standard InChI is InChI=1S/C13H22ClN3/c1-5-6-11(14)8-15-13-16-10(4)7-12(17-13)9(2)3/h7,9,11H,5-6,8H2,1-4H3,(H,15,16,17). The maximum absolute atomic E-state index is 6.15. The lowest BCUT2D eigenvalue weighted by Gasteiger charge is -2.12. The maximum atomic E-state index is 6.15. The van der Waals surface area contributed by atoms with E-state index in [9.17, 15) is 0 Å². The minimum absolute atomic E-state index is 0.145. The van der Waals surface area contributed by atoms with Gasteiger partial charge in [-0.15, -0.1) is 11.6 Å². The fourth-order valence-corrected chi connectivity index (χ4v) is 1.88. The molecule has 1 aromatic rings. The molecule has 0 saturated carbocycles. The van der Waals surface area contributed by atoms with Gasteiger partial charge in [0.1, 0.15) is 0 Å². The molecule has 0 amide bonds. The predicted octanol–water partition coefficient (Wildman–Crippen LogP) is 3.73. The van der Waals surface area contributed by atoms with Gasteiger partial charge in [0.25, 0.3) is 0 Å². The van der Waals surface area contributed by atoms with Crippen LogP contribution < -0.4 is 5.32 Å². The molecule has 1 N–H and O–H groups in total. The van der Waals surface area contributed by atoms with E-state index in [1.807, 2.05) is 13.0 Å². The van der Waals surface area contributed by atoms with Gasteiger partial charge in [-0.3, -0.25) is 0 Å². The number of halogens is 1. The summed E-state index contributed by atoms with van der Waals surface area (Å²) in [6.07, 6.45) is 2.11. The van der Waals surface area contributed by atoms with Crippen molar-refractivity contribution >= 4 is 17.5 Å². The first-order chi connectivity index (χ1) is 8.02. The second kappa shape index (κ2) is 6.80. The minimum atomic E-state index is 0.145. The fraction of sp³-hybridized carbons (Fsp3) is 0.692. The molecule has 1 rings (SSSR count). The monoisotopic (exact) mass is 255 g/mol. The third-order valence-corrected chi connectivity index (χ3v) is 2.92. The first kappa shape index (κ1) is 14.2. The molecule has 0 saturated heterocycles. The van der Waals surface area contributed by atoms with Crippen LogP contribution in [-0.4, -0.2) is 21.9 Å². The molecule has 0 aliphatic carbocycles. The zero-order valence-corrected chi connectivity index (χ0v) is 11.9. The molecule has 0 fully saturated rings. The van der Waals surface area contributed by atoms with Crippen LogP contribution in [0.25, 0.3) is 0 Å². The summed E-state index contributed by atoms with van der Waals surface area (Å²) in [7, 11) is 0. The van der Waals surface area contributed by atoms with Crippen LogP contribution in [0.4, 0.5) is 5.95 Å². The van der Waals surface area contributed by atoms with Crippen LogP contribution in [0, 0.1) is 6.92 Å². The highest BCUT2D eigenvalue weighted by molar-refractivity contribution is 6.20. The quantitative estimate of drug-likeness (QED) is 0.787. The number of aromatic nitrogens is 2. The van der Waals surface area contributed by atoms with Gasteiger partial charge < -0.3 is 5.32 Å². The summed E-state index contributed by atoms with van der Waals surface area (Å²) in [6, 6.07) is 2.03. The summed E-state index contributed by atoms with van der Waals surface area (Å²) in [5, 5.41) is 3.36. The second-order valence-electron chi connectivity index (χ2n) is 4.68. The topological polar surface area (TPSA) is 37.8 Å². The normalized spacial score (nSPS) is 12.8. The van der Waals surface area contributed by atoms with Crippen LogP contribution in [0.5, 0.6) is 0 Å². The van der Waals surface area contributed by atoms with Crippen LogP contribution >= 0.6 is 11.6 Å². The Morgan fingerprint density at radius 1 is 1.35 bits per heavy atom. The summed E-state index contributed by atoms with van der Waals surface area (Å²) in [6.45, 7) is 9.11. The molecular weight excluding hydrogens is 234 g/mol. The van der Waals surface area contributed by atoms with E-state index < -0.39 is 0 Å². The number of alkyl halides is 1. The van der Waals surface area contributed by atoms with Crippen LogP contribution in [-0.2, 0) is 0 Å². The smallest absolute Gasteiger partial charge is 0.223 e. The number of hydrogen-bond acceptors (Lipinski definition) is 3. The fourth-order valence-electron chi connectivity index (χ4n) is 1.59. The molecule has 0 aliphatic heterocycles. The molecule has 3 nitrogen and oxygen atoms in total. The Labute approximate surface area is 109 Å². The highest BCUT2D eigenvalue weighted by Gasteiger charge is 2.07. The number of anilines is 1. The molecular formula is C13H22ClN3. The van der Waals surface area contributed by atoms with E-state index in [1.54, 1.807) is 0 Å². The largest absolute Gasteiger partial charge is 0.353 e. The van der Waals surface area contributed by atoms with Gasteiger partial charge in [0, 0.05) is 17.9 Å². The Kier molecular flexibility index (Phi) is 5.69. The zero-order valence-electron chi connectivity index (χ0n) is 11.1. The maximum Gasteiger partial charge on any atom is 0.223 e. The molecule has 4 heteroatoms. The van der Waals surface area contributed by atoms with Crippen molar-refractivity contribution in [3.63, 3.8) is 0 Å². The van der Waals surface area contributed by atoms with Gasteiger partial charge >= 0.3 is 0 Å². The van der Waals surface area contributed by atoms with E-state index in [4.69, 9.17) is 11.6 Å². The van der Waals surface area contributed by atoms with Crippen LogP contribution in [0.1, 0.15) is 50.9 Å². The first-order valence-electron chi connectivity index (χ1n) is 6.26. The summed E-state index contributed by atoms with van der Waals surface area (Å²) >= 11 is 6.15. The lowest BCUT2D eigenvalue weighted by molar-refractivity contribution is 0.744. The lowest BCUT2D eigenvalue weighted by atomic mass is 10.1. The van der Waals surface area contributed by atoms with Gasteiger partial charge in [0.2, 0.25) is 5.95 Å². The molecule has 1 atom stereocenters. The number of rotatable bonds is 6. The number of nitrogens with one attached hydrogen (secondary N) is 1. The summed E-state index contributed by atoms with van der Waals surface area (Å²) < 4.78 is 0. The van der Waals surface area contributed by atoms with Crippen molar-refractivity contribution in [1.29, 1.82) is 0 Å². The molecule has 0 radical (unpaired) electrons. The number of nitrogens with zero attached hydrogens (tertiary/aromatic N) is 2. The van der Waals surface area contributed by atoms with Gasteiger partial charge in [-0.1, -0.05) is 27.2 Å². The van der Waals surface area contributed by atoms with E-state index >= 15 is 0 Å². The van der Waals surface area contributed by atoms with E-state index in [0.29, 0.717) is 11.9 Å². The zero-order chi connectivity index (χ0) is 12.8. The Balaban J connectivity index is 2.64. The van der Waals surface area contributed by atoms with Crippen molar-refractivity contribution in [3.8, 4) is 0 Å². The third kappa shape index (κ3) is 4.90. The van der Waals surface area contributed by atoms with Gasteiger partial charge in [-0.25, -0.2) is 9.97 Å². The van der Waals surface area contributed by atoms with Crippen LogP contribution in [0.3, 0.4) is 0 Å². The van der Waals surface area contributed by atoms with Crippen molar-refractivity contribution in [2.45, 2.75) is 51.8 Å². The van der Waals surface area contributed by atoms with E-state index in [2.05, 4.69) is 36.1 Å². The van der Waals surface area contributed by atoms with Crippen LogP contribution in [0.15, 0.2) is 6.07 Å². The Morgan fingerprint density at radius 3 is 2.65 bits per heavy atom. The average molecular weight is 256 g/mol. The highest BCUT2D eigenvalue weighted by Crippen LogP contribution is 2.15. The van der Waals surface area contributed by atoms with Crippen molar-refractivity contribution < 1.29 is 0 Å². The predicted molar refractivity (Wildman–Crippen MR) is 73.9 cm³/mol. The van der Waals surface area contributed by atoms with E-state index in [-0.39, 0.29) is 5.38 Å². The molecule has 0 spiro atoms. The third-order valence-electron chi connectivity index (χ3n) is 2.55.